The minimum Gasteiger partial charge on any atom is -0.334 e. The molecule has 4 rings (SSSR count). The highest BCUT2D eigenvalue weighted by Gasteiger charge is 2.29. The number of urea groups is 1. The molecule has 0 saturated carbocycles. The second-order valence-electron chi connectivity index (χ2n) is 8.95. The van der Waals surface area contributed by atoms with Crippen LogP contribution < -0.4 is 10.6 Å². The van der Waals surface area contributed by atoms with Crippen molar-refractivity contribution in [3.05, 3.63) is 95.3 Å². The number of rotatable bonds is 8. The largest absolute Gasteiger partial charge is 0.334 e. The molecule has 0 aliphatic carbocycles. The predicted octanol–water partition coefficient (Wildman–Crippen LogP) is 5.00. The number of nitrogens with one attached hydrogen (secondary N) is 2. The summed E-state index contributed by atoms with van der Waals surface area (Å²) in [5.74, 6) is 0. The Bertz CT molecular complexity index is 997. The lowest BCUT2D eigenvalue weighted by atomic mass is 9.98. The van der Waals surface area contributed by atoms with Crippen molar-refractivity contribution in [3.63, 3.8) is 0 Å². The molecule has 2 heterocycles. The van der Waals surface area contributed by atoms with Gasteiger partial charge in [0.15, 0.2) is 0 Å². The molecule has 3 aromatic rings. The van der Waals surface area contributed by atoms with E-state index in [2.05, 4.69) is 88.1 Å². The van der Waals surface area contributed by atoms with Crippen LogP contribution in [0.3, 0.4) is 0 Å². The summed E-state index contributed by atoms with van der Waals surface area (Å²) in [6, 6.07) is 25.7. The first-order valence-electron chi connectivity index (χ1n) is 12.0. The fourth-order valence-electron chi connectivity index (χ4n) is 4.68. The molecule has 1 aromatic heterocycles. The molecule has 0 radical (unpaired) electrons. The number of pyridine rings is 1. The number of nitrogens with zero attached hydrogens (tertiary/aromatic N) is 2. The smallest absolute Gasteiger partial charge is 0.319 e. The van der Waals surface area contributed by atoms with E-state index in [9.17, 15) is 4.79 Å². The maximum atomic E-state index is 12.7. The molecule has 2 N–H and O–H groups in total. The Morgan fingerprint density at radius 3 is 2.27 bits per heavy atom. The van der Waals surface area contributed by atoms with Crippen molar-refractivity contribution >= 4 is 11.7 Å². The molecule has 33 heavy (non-hydrogen) atoms. The molecule has 2 aromatic carbocycles. The van der Waals surface area contributed by atoms with Gasteiger partial charge in [0.1, 0.15) is 0 Å². The zero-order valence-electron chi connectivity index (χ0n) is 19.6. The number of aromatic nitrogens is 1. The summed E-state index contributed by atoms with van der Waals surface area (Å²) in [4.78, 5) is 19.7. The van der Waals surface area contributed by atoms with E-state index in [1.807, 2.05) is 19.1 Å². The molecular formula is C28H34N4O. The van der Waals surface area contributed by atoms with E-state index < -0.39 is 0 Å². The fraction of sp³-hybridized carbons (Fsp3) is 0.357. The van der Waals surface area contributed by atoms with Gasteiger partial charge in [0.25, 0.3) is 0 Å². The Balaban J connectivity index is 1.38. The minimum atomic E-state index is -0.142. The molecule has 1 saturated heterocycles. The third-order valence-electron chi connectivity index (χ3n) is 6.33. The molecule has 5 heteroatoms. The van der Waals surface area contributed by atoms with Gasteiger partial charge in [-0.15, -0.1) is 0 Å². The maximum absolute atomic E-state index is 12.7. The van der Waals surface area contributed by atoms with Gasteiger partial charge in [-0.05, 0) is 55.9 Å². The van der Waals surface area contributed by atoms with Crippen molar-refractivity contribution in [2.45, 2.75) is 51.6 Å². The number of benzene rings is 2. The van der Waals surface area contributed by atoms with Gasteiger partial charge in [-0.2, -0.15) is 0 Å². The molecule has 5 nitrogen and oxygen atoms in total. The maximum Gasteiger partial charge on any atom is 0.319 e. The van der Waals surface area contributed by atoms with Crippen molar-refractivity contribution in [2.24, 2.45) is 0 Å². The van der Waals surface area contributed by atoms with Crippen LogP contribution in [0.1, 0.15) is 35.9 Å². The van der Waals surface area contributed by atoms with Crippen LogP contribution in [0.5, 0.6) is 0 Å². The van der Waals surface area contributed by atoms with E-state index in [1.165, 1.54) is 11.1 Å². The van der Waals surface area contributed by atoms with Crippen LogP contribution in [-0.2, 0) is 19.3 Å². The van der Waals surface area contributed by atoms with Gasteiger partial charge >= 0.3 is 6.03 Å². The Labute approximate surface area is 197 Å². The van der Waals surface area contributed by atoms with Crippen molar-refractivity contribution in [1.29, 1.82) is 0 Å². The van der Waals surface area contributed by atoms with Crippen LogP contribution in [0.2, 0.25) is 0 Å². The molecule has 172 valence electrons. The average Bonchev–Trinajstić information content (AvgIpc) is 3.28. The summed E-state index contributed by atoms with van der Waals surface area (Å²) >= 11 is 0. The monoisotopic (exact) mass is 442 g/mol. The predicted molar refractivity (Wildman–Crippen MR) is 135 cm³/mol. The molecule has 1 atom stereocenters. The van der Waals surface area contributed by atoms with Crippen LogP contribution in [0.15, 0.2) is 72.8 Å². The number of hydrogen-bond acceptors (Lipinski definition) is 3. The number of amides is 2. The van der Waals surface area contributed by atoms with E-state index in [0.717, 1.165) is 55.8 Å². The van der Waals surface area contributed by atoms with E-state index in [4.69, 9.17) is 0 Å². The summed E-state index contributed by atoms with van der Waals surface area (Å²) < 4.78 is 0. The summed E-state index contributed by atoms with van der Waals surface area (Å²) in [5.41, 5.74) is 5.42. The summed E-state index contributed by atoms with van der Waals surface area (Å²) in [6.45, 7) is 5.88. The first-order valence-corrected chi connectivity index (χ1v) is 12.0. The molecule has 1 aliphatic heterocycles. The van der Waals surface area contributed by atoms with Crippen molar-refractivity contribution in [1.82, 2.24) is 15.2 Å². The summed E-state index contributed by atoms with van der Waals surface area (Å²) in [5, 5.41) is 6.18. The highest BCUT2D eigenvalue weighted by Crippen LogP contribution is 2.20. The minimum absolute atomic E-state index is 0.142. The van der Waals surface area contributed by atoms with Gasteiger partial charge in [0.2, 0.25) is 0 Å². The van der Waals surface area contributed by atoms with E-state index in [1.54, 1.807) is 0 Å². The lowest BCUT2D eigenvalue weighted by Crippen LogP contribution is -2.42. The molecule has 1 fully saturated rings. The Kier molecular flexibility index (Phi) is 7.74. The number of likely N-dealkylation sites (tertiary alicyclic amines) is 1. The zero-order chi connectivity index (χ0) is 23.0. The number of hydrogen-bond donors (Lipinski definition) is 2. The van der Waals surface area contributed by atoms with Crippen molar-refractivity contribution in [2.75, 3.05) is 18.4 Å². The van der Waals surface area contributed by atoms with Crippen molar-refractivity contribution in [3.8, 4) is 0 Å². The second-order valence-corrected chi connectivity index (χ2v) is 8.95. The van der Waals surface area contributed by atoms with E-state index >= 15 is 0 Å². The normalized spacial score (nSPS) is 16.2. The lowest BCUT2D eigenvalue weighted by Gasteiger charge is -2.28. The van der Waals surface area contributed by atoms with Gasteiger partial charge in [0, 0.05) is 42.2 Å². The Morgan fingerprint density at radius 2 is 1.67 bits per heavy atom. The lowest BCUT2D eigenvalue weighted by molar-refractivity contribution is 0.229. The van der Waals surface area contributed by atoms with Crippen LogP contribution in [0, 0.1) is 6.92 Å². The molecule has 0 spiro atoms. The third-order valence-corrected chi connectivity index (χ3v) is 6.33. The molecular weight excluding hydrogens is 408 g/mol. The zero-order valence-corrected chi connectivity index (χ0v) is 19.6. The summed E-state index contributed by atoms with van der Waals surface area (Å²) in [7, 11) is 0. The Hall–Kier alpha value is -3.18. The van der Waals surface area contributed by atoms with Gasteiger partial charge in [0.05, 0.1) is 0 Å². The second kappa shape index (κ2) is 11.1. The first kappa shape index (κ1) is 23.0. The fourth-order valence-corrected chi connectivity index (χ4v) is 4.68. The number of aryl methyl sites for hydroxylation is 2. The number of carbonyl (C=O) groups excluding carboxylic acids is 1. The topological polar surface area (TPSA) is 57.3 Å². The molecule has 0 bridgehead atoms. The average molecular weight is 443 g/mol. The van der Waals surface area contributed by atoms with Gasteiger partial charge in [-0.25, -0.2) is 4.79 Å². The standard InChI is InChI=1S/C28H34N4O/c1-3-24-19-26(16-21(2)29-24)31-28(33)30-25-14-15-32(20-25)27(17-22-10-6-4-7-11-22)18-23-12-8-5-9-13-23/h4-13,16,19,25,27H,3,14-15,17-18,20H2,1-2H3,(H2,29,30,31,33). The van der Waals surface area contributed by atoms with Crippen LogP contribution >= 0.6 is 0 Å². The number of carbonyl (C=O) groups is 1. The van der Waals surface area contributed by atoms with Crippen LogP contribution in [0.25, 0.3) is 0 Å². The summed E-state index contributed by atoms with van der Waals surface area (Å²) in [6.07, 6.45) is 3.82. The van der Waals surface area contributed by atoms with Crippen LogP contribution in [0.4, 0.5) is 10.5 Å². The molecule has 1 unspecified atom stereocenters. The quantitative estimate of drug-likeness (QED) is 0.516. The van der Waals surface area contributed by atoms with E-state index in [-0.39, 0.29) is 12.1 Å². The van der Waals surface area contributed by atoms with Gasteiger partial charge < -0.3 is 10.6 Å². The highest BCUT2D eigenvalue weighted by atomic mass is 16.2. The Morgan fingerprint density at radius 1 is 1.03 bits per heavy atom. The van der Waals surface area contributed by atoms with Gasteiger partial charge in [-0.1, -0.05) is 67.6 Å². The third kappa shape index (κ3) is 6.65. The van der Waals surface area contributed by atoms with Crippen LogP contribution in [-0.4, -0.2) is 41.1 Å². The first-order chi connectivity index (χ1) is 16.1. The highest BCUT2D eigenvalue weighted by molar-refractivity contribution is 5.89. The SMILES string of the molecule is CCc1cc(NC(=O)NC2CCN(C(Cc3ccccc3)Cc3ccccc3)C2)cc(C)n1. The molecule has 2 amide bonds. The van der Waals surface area contributed by atoms with E-state index in [0.29, 0.717) is 6.04 Å². The van der Waals surface area contributed by atoms with Gasteiger partial charge in [-0.3, -0.25) is 9.88 Å². The molecule has 1 aliphatic rings. The number of anilines is 1. The van der Waals surface area contributed by atoms with Crippen molar-refractivity contribution < 1.29 is 4.79 Å².